The summed E-state index contributed by atoms with van der Waals surface area (Å²) >= 11 is 2.34. The Kier molecular flexibility index (Phi) is 2.18. The van der Waals surface area contributed by atoms with Crippen LogP contribution in [0.15, 0.2) is 12.8 Å². The molecule has 64 valence electrons. The number of fused-ring (bicyclic) bond motifs is 1. The van der Waals surface area contributed by atoms with Gasteiger partial charge in [-0.2, -0.15) is 0 Å². The van der Waals surface area contributed by atoms with Crippen molar-refractivity contribution in [1.29, 1.82) is 0 Å². The number of aromatic nitrogens is 2. The third kappa shape index (κ3) is 1.29. The van der Waals surface area contributed by atoms with Gasteiger partial charge in [0.2, 0.25) is 0 Å². The zero-order chi connectivity index (χ0) is 8.55. The Bertz CT molecular complexity index is 305. The van der Waals surface area contributed by atoms with Crippen molar-refractivity contribution in [2.24, 2.45) is 0 Å². The van der Waals surface area contributed by atoms with Gasteiger partial charge in [-0.25, -0.2) is 8.10 Å². The lowest BCUT2D eigenvalue weighted by Gasteiger charge is -2.22. The summed E-state index contributed by atoms with van der Waals surface area (Å²) in [5.74, 6) is 0.995. The quantitative estimate of drug-likeness (QED) is 0.574. The average molecular weight is 275 g/mol. The topological polar surface area (TPSA) is 21.1 Å². The Morgan fingerprint density at radius 2 is 2.42 bits per heavy atom. The molecule has 0 aromatic carbocycles. The Balaban J connectivity index is 2.38. The molecular formula is C8H10IN3. The van der Waals surface area contributed by atoms with Crippen molar-refractivity contribution in [2.45, 2.75) is 13.1 Å². The third-order valence-corrected chi connectivity index (χ3v) is 2.88. The number of hydrogen-bond acceptors (Lipinski definition) is 2. The average Bonchev–Trinajstić information content (AvgIpc) is 2.46. The smallest absolute Gasteiger partial charge is 0.132 e. The zero-order valence-corrected chi connectivity index (χ0v) is 8.86. The predicted octanol–water partition coefficient (Wildman–Crippen LogP) is 1.69. The van der Waals surface area contributed by atoms with Gasteiger partial charge in [-0.3, -0.25) is 0 Å². The molecule has 0 unspecified atom stereocenters. The van der Waals surface area contributed by atoms with Crippen LogP contribution in [-0.4, -0.2) is 19.2 Å². The van der Waals surface area contributed by atoms with Gasteiger partial charge in [0.25, 0.3) is 0 Å². The Hall–Kier alpha value is -0.360. The van der Waals surface area contributed by atoms with Gasteiger partial charge in [-0.05, 0) is 6.08 Å². The number of rotatable bonds is 1. The highest BCUT2D eigenvalue weighted by Crippen LogP contribution is 2.17. The summed E-state index contributed by atoms with van der Waals surface area (Å²) in [6.07, 6.45) is 3.74. The van der Waals surface area contributed by atoms with Gasteiger partial charge in [0.05, 0.1) is 18.4 Å². The van der Waals surface area contributed by atoms with E-state index in [0.29, 0.717) is 0 Å². The number of hydrogen-bond donors (Lipinski definition) is 0. The maximum Gasteiger partial charge on any atom is 0.132 e. The monoisotopic (exact) mass is 275 g/mol. The van der Waals surface area contributed by atoms with Gasteiger partial charge >= 0.3 is 0 Å². The molecule has 12 heavy (non-hydrogen) atoms. The Morgan fingerprint density at radius 1 is 1.58 bits per heavy atom. The SMILES string of the molecule is C=Cc1ncc2n1CCN(I)C2. The lowest BCUT2D eigenvalue weighted by atomic mass is 10.3. The van der Waals surface area contributed by atoms with Crippen molar-refractivity contribution >= 4 is 28.9 Å². The van der Waals surface area contributed by atoms with E-state index in [-0.39, 0.29) is 0 Å². The summed E-state index contributed by atoms with van der Waals surface area (Å²) in [5.41, 5.74) is 1.28. The first-order chi connectivity index (χ1) is 5.81. The van der Waals surface area contributed by atoms with Crippen molar-refractivity contribution in [3.05, 3.63) is 24.3 Å². The van der Waals surface area contributed by atoms with E-state index < -0.39 is 0 Å². The molecule has 0 spiro atoms. The molecule has 0 bridgehead atoms. The standard InChI is InChI=1S/C8H10IN3/c1-2-8-10-5-7-6-11(9)3-4-12(7)8/h2,5H,1,3-4,6H2. The van der Waals surface area contributed by atoms with Crippen LogP contribution in [-0.2, 0) is 13.1 Å². The first kappa shape index (κ1) is 8.25. The first-order valence-corrected chi connectivity index (χ1v) is 4.85. The van der Waals surface area contributed by atoms with Crippen molar-refractivity contribution in [3.63, 3.8) is 0 Å². The van der Waals surface area contributed by atoms with Crippen molar-refractivity contribution in [1.82, 2.24) is 12.7 Å². The van der Waals surface area contributed by atoms with E-state index >= 15 is 0 Å². The van der Waals surface area contributed by atoms with Gasteiger partial charge in [-0.15, -0.1) is 0 Å². The summed E-state index contributed by atoms with van der Waals surface area (Å²) < 4.78 is 4.49. The normalized spacial score (nSPS) is 17.4. The van der Waals surface area contributed by atoms with Crippen LogP contribution in [0.2, 0.25) is 0 Å². The van der Waals surface area contributed by atoms with Crippen LogP contribution in [0, 0.1) is 0 Å². The number of halogens is 1. The molecule has 1 aliphatic heterocycles. The lowest BCUT2D eigenvalue weighted by molar-refractivity contribution is 0.402. The van der Waals surface area contributed by atoms with E-state index in [0.717, 1.165) is 25.5 Å². The van der Waals surface area contributed by atoms with E-state index in [9.17, 15) is 0 Å². The molecule has 1 aliphatic rings. The molecule has 0 aliphatic carbocycles. The molecule has 1 aromatic rings. The number of nitrogens with zero attached hydrogens (tertiary/aromatic N) is 3. The maximum absolute atomic E-state index is 4.27. The first-order valence-electron chi connectivity index (χ1n) is 3.89. The molecule has 2 heterocycles. The number of imidazole rings is 1. The fraction of sp³-hybridized carbons (Fsp3) is 0.375. The minimum atomic E-state index is 0.987. The molecule has 1 aromatic heterocycles. The van der Waals surface area contributed by atoms with Gasteiger partial charge in [-0.1, -0.05) is 6.58 Å². The molecule has 4 heteroatoms. The van der Waals surface area contributed by atoms with E-state index in [1.165, 1.54) is 5.69 Å². The fourth-order valence-electron chi connectivity index (χ4n) is 1.44. The van der Waals surface area contributed by atoms with Crippen molar-refractivity contribution < 1.29 is 0 Å². The summed E-state index contributed by atoms with van der Waals surface area (Å²) in [7, 11) is 0. The van der Waals surface area contributed by atoms with Crippen LogP contribution >= 0.6 is 22.9 Å². The molecule has 0 N–H and O–H groups in total. The second-order valence-electron chi connectivity index (χ2n) is 2.81. The highest BCUT2D eigenvalue weighted by molar-refractivity contribution is 14.1. The predicted molar refractivity (Wildman–Crippen MR) is 56.7 cm³/mol. The molecule has 0 fully saturated rings. The van der Waals surface area contributed by atoms with Crippen molar-refractivity contribution in [3.8, 4) is 0 Å². The minimum absolute atomic E-state index is 0.987. The summed E-state index contributed by atoms with van der Waals surface area (Å²) in [5, 5.41) is 0. The molecule has 0 saturated carbocycles. The maximum atomic E-state index is 4.27. The summed E-state index contributed by atoms with van der Waals surface area (Å²) in [6.45, 7) is 6.83. The van der Waals surface area contributed by atoms with E-state index in [1.807, 2.05) is 12.3 Å². The van der Waals surface area contributed by atoms with Gasteiger partial charge in [0.15, 0.2) is 0 Å². The molecule has 0 atom stereocenters. The van der Waals surface area contributed by atoms with Crippen LogP contribution in [0.25, 0.3) is 6.08 Å². The molecular weight excluding hydrogens is 265 g/mol. The van der Waals surface area contributed by atoms with Crippen LogP contribution in [0.1, 0.15) is 11.5 Å². The van der Waals surface area contributed by atoms with Crippen LogP contribution in [0.4, 0.5) is 0 Å². The van der Waals surface area contributed by atoms with Crippen LogP contribution in [0.5, 0.6) is 0 Å². The molecule has 0 radical (unpaired) electrons. The molecule has 0 amide bonds. The van der Waals surface area contributed by atoms with Gasteiger partial charge in [0.1, 0.15) is 5.82 Å². The fourth-order valence-corrected chi connectivity index (χ4v) is 2.00. The summed E-state index contributed by atoms with van der Waals surface area (Å²) in [4.78, 5) is 4.27. The van der Waals surface area contributed by atoms with Crippen molar-refractivity contribution in [2.75, 3.05) is 6.54 Å². The third-order valence-electron chi connectivity index (χ3n) is 2.05. The van der Waals surface area contributed by atoms with E-state index in [1.54, 1.807) is 0 Å². The van der Waals surface area contributed by atoms with Gasteiger partial charge in [0, 0.05) is 36.0 Å². The second kappa shape index (κ2) is 3.18. The van der Waals surface area contributed by atoms with Crippen LogP contribution in [0.3, 0.4) is 0 Å². The Morgan fingerprint density at radius 3 is 3.17 bits per heavy atom. The Labute approximate surface area is 85.6 Å². The van der Waals surface area contributed by atoms with Gasteiger partial charge < -0.3 is 4.57 Å². The highest BCUT2D eigenvalue weighted by atomic mass is 127. The summed E-state index contributed by atoms with van der Waals surface area (Å²) in [6, 6.07) is 0. The second-order valence-corrected chi connectivity index (χ2v) is 4.17. The van der Waals surface area contributed by atoms with E-state index in [4.69, 9.17) is 0 Å². The minimum Gasteiger partial charge on any atom is -0.326 e. The molecule has 0 saturated heterocycles. The highest BCUT2D eigenvalue weighted by Gasteiger charge is 2.15. The zero-order valence-electron chi connectivity index (χ0n) is 6.70. The lowest BCUT2D eigenvalue weighted by Crippen LogP contribution is -2.26. The van der Waals surface area contributed by atoms with E-state index in [2.05, 4.69) is 42.1 Å². The molecule has 2 rings (SSSR count). The van der Waals surface area contributed by atoms with Crippen LogP contribution < -0.4 is 0 Å². The molecule has 3 nitrogen and oxygen atoms in total. The largest absolute Gasteiger partial charge is 0.326 e.